The normalized spacial score (nSPS) is 19.0. The number of thiazole rings is 1. The summed E-state index contributed by atoms with van der Waals surface area (Å²) in [5.74, 6) is 0.400. The Kier molecular flexibility index (Phi) is 7.27. The molecule has 11 heteroatoms. The Hall–Kier alpha value is -2.57. The molecule has 1 unspecified atom stereocenters. The largest absolute Gasteiger partial charge is 0.494 e. The molecule has 0 spiro atoms. The number of sulfonamides is 1. The monoisotopic (exact) mass is 531 g/mol. The number of anilines is 1. The summed E-state index contributed by atoms with van der Waals surface area (Å²) < 4.78 is 44.9. The van der Waals surface area contributed by atoms with Crippen LogP contribution in [-0.2, 0) is 19.5 Å². The van der Waals surface area contributed by atoms with E-state index in [9.17, 15) is 13.2 Å². The number of carbonyl (C=O) groups is 1. The molecule has 0 aliphatic carbocycles. The zero-order valence-corrected chi connectivity index (χ0v) is 21.9. The highest BCUT2D eigenvalue weighted by atomic mass is 32.2. The number of hydrogen-bond acceptors (Lipinski definition) is 8. The average molecular weight is 532 g/mol. The van der Waals surface area contributed by atoms with Crippen LogP contribution in [-0.4, -0.2) is 76.3 Å². The van der Waals surface area contributed by atoms with Crippen LogP contribution in [0.2, 0.25) is 0 Å². The Balaban J connectivity index is 1.47. The highest BCUT2D eigenvalue weighted by Gasteiger charge is 2.29. The summed E-state index contributed by atoms with van der Waals surface area (Å²) in [4.78, 5) is 20.3. The van der Waals surface area contributed by atoms with Crippen LogP contribution in [0.25, 0.3) is 10.2 Å². The van der Waals surface area contributed by atoms with Crippen LogP contribution in [0.3, 0.4) is 0 Å². The number of morpholine rings is 1. The number of rotatable bonds is 7. The number of nitrogens with zero attached hydrogens (tertiary/aromatic N) is 3. The quantitative estimate of drug-likeness (QED) is 0.461. The van der Waals surface area contributed by atoms with Gasteiger partial charge in [-0.15, -0.1) is 0 Å². The lowest BCUT2D eigenvalue weighted by Crippen LogP contribution is -2.40. The van der Waals surface area contributed by atoms with Crippen LogP contribution in [0.15, 0.2) is 41.3 Å². The van der Waals surface area contributed by atoms with Crippen LogP contribution >= 0.6 is 11.3 Å². The molecule has 2 fully saturated rings. The predicted octanol–water partition coefficient (Wildman–Crippen LogP) is 3.46. The maximum Gasteiger partial charge on any atom is 0.260 e. The second kappa shape index (κ2) is 10.4. The predicted molar refractivity (Wildman–Crippen MR) is 138 cm³/mol. The van der Waals surface area contributed by atoms with Gasteiger partial charge in [-0.25, -0.2) is 13.4 Å². The first kappa shape index (κ1) is 25.1. The summed E-state index contributed by atoms with van der Waals surface area (Å²) in [6.45, 7) is 4.43. The number of fused-ring (bicyclic) bond motifs is 1. The molecule has 3 aromatic rings. The molecule has 0 bridgehead atoms. The standard InChI is InChI=1S/C25H29N3O6S2/c1-17-5-10-21(32-2)22-23(17)35-25(26-22)28(16-19-4-3-13-34-19)24(29)18-6-8-20(9-7-18)36(30,31)27-11-14-33-15-12-27/h5-10,19H,3-4,11-16H2,1-2H3. The van der Waals surface area contributed by atoms with Gasteiger partial charge in [0.25, 0.3) is 5.91 Å². The van der Waals surface area contributed by atoms with Gasteiger partial charge in [0.2, 0.25) is 10.0 Å². The SMILES string of the molecule is COc1ccc(C)c2sc(N(CC3CCCO3)C(=O)c3ccc(S(=O)(=O)N4CCOCC4)cc3)nc12. The molecule has 2 aliphatic rings. The van der Waals surface area contributed by atoms with Crippen LogP contribution in [0, 0.1) is 6.92 Å². The van der Waals surface area contributed by atoms with Gasteiger partial charge in [-0.2, -0.15) is 4.31 Å². The van der Waals surface area contributed by atoms with Crippen molar-refractivity contribution in [3.63, 3.8) is 0 Å². The van der Waals surface area contributed by atoms with Gasteiger partial charge >= 0.3 is 0 Å². The van der Waals surface area contributed by atoms with Crippen molar-refractivity contribution in [2.75, 3.05) is 51.5 Å². The van der Waals surface area contributed by atoms with E-state index in [2.05, 4.69) is 0 Å². The molecule has 0 N–H and O–H groups in total. The fourth-order valence-corrected chi connectivity index (χ4v) is 6.95. The molecule has 1 aromatic heterocycles. The number of aryl methyl sites for hydroxylation is 1. The first-order valence-electron chi connectivity index (χ1n) is 11.9. The van der Waals surface area contributed by atoms with Crippen molar-refractivity contribution in [3.05, 3.63) is 47.5 Å². The maximum atomic E-state index is 13.7. The highest BCUT2D eigenvalue weighted by Crippen LogP contribution is 2.37. The van der Waals surface area contributed by atoms with E-state index in [-0.39, 0.29) is 16.9 Å². The summed E-state index contributed by atoms with van der Waals surface area (Å²) in [5.41, 5.74) is 2.16. The zero-order chi connectivity index (χ0) is 25.3. The fourth-order valence-electron chi connectivity index (χ4n) is 4.48. The zero-order valence-electron chi connectivity index (χ0n) is 20.3. The third-order valence-electron chi connectivity index (χ3n) is 6.51. The number of amides is 1. The molecule has 36 heavy (non-hydrogen) atoms. The van der Waals surface area contributed by atoms with E-state index in [0.717, 1.165) is 28.6 Å². The van der Waals surface area contributed by atoms with E-state index in [4.69, 9.17) is 19.2 Å². The lowest BCUT2D eigenvalue weighted by Gasteiger charge is -2.26. The number of methoxy groups -OCH3 is 1. The molecule has 1 atom stereocenters. The number of ether oxygens (including phenoxy) is 3. The lowest BCUT2D eigenvalue weighted by molar-refractivity contribution is 0.0730. The molecule has 0 saturated carbocycles. The second-order valence-corrected chi connectivity index (χ2v) is 11.8. The minimum Gasteiger partial charge on any atom is -0.494 e. The van der Waals surface area contributed by atoms with E-state index in [1.54, 1.807) is 24.1 Å². The third-order valence-corrected chi connectivity index (χ3v) is 9.63. The van der Waals surface area contributed by atoms with Gasteiger partial charge in [0, 0.05) is 25.3 Å². The average Bonchev–Trinajstić information content (AvgIpc) is 3.58. The summed E-state index contributed by atoms with van der Waals surface area (Å²) in [5, 5.41) is 0.558. The molecular formula is C25H29N3O6S2. The second-order valence-electron chi connectivity index (χ2n) is 8.85. The molecule has 2 aliphatic heterocycles. The van der Waals surface area contributed by atoms with Crippen molar-refractivity contribution in [1.82, 2.24) is 9.29 Å². The Labute approximate surface area is 214 Å². The highest BCUT2D eigenvalue weighted by molar-refractivity contribution is 7.89. The van der Waals surface area contributed by atoms with E-state index >= 15 is 0 Å². The third kappa shape index (κ3) is 4.85. The molecular weight excluding hydrogens is 502 g/mol. The summed E-state index contributed by atoms with van der Waals surface area (Å²) in [6, 6.07) is 9.97. The van der Waals surface area contributed by atoms with Crippen molar-refractivity contribution >= 4 is 42.6 Å². The lowest BCUT2D eigenvalue weighted by atomic mass is 10.2. The molecule has 3 heterocycles. The molecule has 192 valence electrons. The van der Waals surface area contributed by atoms with E-state index in [1.165, 1.54) is 27.8 Å². The number of aromatic nitrogens is 1. The van der Waals surface area contributed by atoms with Crippen LogP contribution in [0.5, 0.6) is 5.75 Å². The Morgan fingerprint density at radius 3 is 2.58 bits per heavy atom. The molecule has 0 radical (unpaired) electrons. The van der Waals surface area contributed by atoms with Crippen molar-refractivity contribution in [3.8, 4) is 5.75 Å². The fraction of sp³-hybridized carbons (Fsp3) is 0.440. The number of hydrogen-bond donors (Lipinski definition) is 0. The van der Waals surface area contributed by atoms with Crippen molar-refractivity contribution in [2.45, 2.75) is 30.8 Å². The van der Waals surface area contributed by atoms with E-state index in [1.807, 2.05) is 19.1 Å². The number of benzene rings is 2. The van der Waals surface area contributed by atoms with Crippen LogP contribution in [0.4, 0.5) is 5.13 Å². The Morgan fingerprint density at radius 2 is 1.92 bits per heavy atom. The topological polar surface area (TPSA) is 98.3 Å². The van der Waals surface area contributed by atoms with Gasteiger partial charge in [-0.1, -0.05) is 17.4 Å². The van der Waals surface area contributed by atoms with Crippen molar-refractivity contribution in [1.29, 1.82) is 0 Å². The summed E-state index contributed by atoms with van der Waals surface area (Å²) in [6.07, 6.45) is 1.74. The molecule has 2 saturated heterocycles. The minimum absolute atomic E-state index is 0.0788. The van der Waals surface area contributed by atoms with Crippen LogP contribution in [0.1, 0.15) is 28.8 Å². The van der Waals surface area contributed by atoms with Gasteiger partial charge < -0.3 is 14.2 Å². The first-order chi connectivity index (χ1) is 17.4. The van der Waals surface area contributed by atoms with Gasteiger partial charge in [0.1, 0.15) is 11.3 Å². The van der Waals surface area contributed by atoms with Gasteiger partial charge in [-0.05, 0) is 55.7 Å². The minimum atomic E-state index is -3.64. The molecule has 5 rings (SSSR count). The molecule has 9 nitrogen and oxygen atoms in total. The van der Waals surface area contributed by atoms with Gasteiger partial charge in [0.05, 0.1) is 42.6 Å². The van der Waals surface area contributed by atoms with Crippen LogP contribution < -0.4 is 9.64 Å². The van der Waals surface area contributed by atoms with Gasteiger partial charge in [-0.3, -0.25) is 9.69 Å². The summed E-state index contributed by atoms with van der Waals surface area (Å²) >= 11 is 1.44. The maximum absolute atomic E-state index is 13.7. The van der Waals surface area contributed by atoms with Crippen molar-refractivity contribution in [2.24, 2.45) is 0 Å². The van der Waals surface area contributed by atoms with E-state index < -0.39 is 10.0 Å². The van der Waals surface area contributed by atoms with Gasteiger partial charge in [0.15, 0.2) is 5.13 Å². The Bertz CT molecular complexity index is 1340. The molecule has 2 aromatic carbocycles. The smallest absolute Gasteiger partial charge is 0.260 e. The first-order valence-corrected chi connectivity index (χ1v) is 14.2. The summed E-state index contributed by atoms with van der Waals surface area (Å²) in [7, 11) is -2.04. The number of carbonyl (C=O) groups excluding carboxylic acids is 1. The molecule has 1 amide bonds. The van der Waals surface area contributed by atoms with E-state index in [0.29, 0.717) is 55.9 Å². The Morgan fingerprint density at radius 1 is 1.17 bits per heavy atom. The van der Waals surface area contributed by atoms with Crippen molar-refractivity contribution < 1.29 is 27.4 Å².